The molecule has 4 heteroatoms. The maximum absolute atomic E-state index is 12.6. The van der Waals surface area contributed by atoms with Crippen LogP contribution in [0.1, 0.15) is 30.5 Å². The Morgan fingerprint density at radius 1 is 1.38 bits per heavy atom. The van der Waals surface area contributed by atoms with Gasteiger partial charge in [0.1, 0.15) is 5.75 Å². The Morgan fingerprint density at radius 3 is 3.05 bits per heavy atom. The summed E-state index contributed by atoms with van der Waals surface area (Å²) in [5.41, 5.74) is 2.08. The van der Waals surface area contributed by atoms with Gasteiger partial charge in [-0.3, -0.25) is 9.78 Å². The van der Waals surface area contributed by atoms with Gasteiger partial charge in [-0.05, 0) is 49.6 Å². The van der Waals surface area contributed by atoms with E-state index in [1.54, 1.807) is 37.4 Å². The van der Waals surface area contributed by atoms with Crippen molar-refractivity contribution in [1.82, 2.24) is 4.98 Å². The summed E-state index contributed by atoms with van der Waals surface area (Å²) in [6.07, 6.45) is 2.95. The molecule has 108 valence electrons. The maximum Gasteiger partial charge on any atom is 0.182 e. The fraction of sp³-hybridized carbons (Fsp3) is 0.294. The highest BCUT2D eigenvalue weighted by Crippen LogP contribution is 2.33. The van der Waals surface area contributed by atoms with Crippen LogP contribution in [0.15, 0.2) is 42.6 Å². The number of hydrogen-bond donors (Lipinski definition) is 0. The van der Waals surface area contributed by atoms with Gasteiger partial charge in [0.15, 0.2) is 11.9 Å². The van der Waals surface area contributed by atoms with Gasteiger partial charge in [0.2, 0.25) is 0 Å². The lowest BCUT2D eigenvalue weighted by Crippen LogP contribution is -2.28. The fourth-order valence-electron chi connectivity index (χ4n) is 2.78. The fourth-order valence-corrected chi connectivity index (χ4v) is 2.96. The van der Waals surface area contributed by atoms with E-state index in [1.165, 1.54) is 5.56 Å². The Hall–Kier alpha value is -1.87. The number of fused-ring (bicyclic) bond motifs is 1. The first-order valence-electron chi connectivity index (χ1n) is 7.05. The number of hydrogen-bond acceptors (Lipinski definition) is 3. The highest BCUT2D eigenvalue weighted by atomic mass is 35.5. The van der Waals surface area contributed by atoms with Gasteiger partial charge >= 0.3 is 0 Å². The van der Waals surface area contributed by atoms with Crippen LogP contribution in [0.4, 0.5) is 0 Å². The number of benzene rings is 1. The normalized spacial score (nSPS) is 18.1. The second kappa shape index (κ2) is 5.86. The van der Waals surface area contributed by atoms with Gasteiger partial charge in [-0.15, -0.1) is 0 Å². The molecule has 0 N–H and O–H groups in total. The number of aromatic nitrogens is 1. The van der Waals surface area contributed by atoms with Crippen LogP contribution in [0.3, 0.4) is 0 Å². The molecule has 3 nitrogen and oxygen atoms in total. The highest BCUT2D eigenvalue weighted by molar-refractivity contribution is 6.30. The summed E-state index contributed by atoms with van der Waals surface area (Å²) in [6.45, 7) is 1.78. The van der Waals surface area contributed by atoms with Crippen molar-refractivity contribution in [3.05, 3.63) is 58.9 Å². The summed E-state index contributed by atoms with van der Waals surface area (Å²) in [5.74, 6) is 0.533. The molecule has 0 aliphatic heterocycles. The van der Waals surface area contributed by atoms with E-state index in [0.717, 1.165) is 18.5 Å². The van der Waals surface area contributed by atoms with Crippen LogP contribution in [-0.2, 0) is 11.2 Å². The summed E-state index contributed by atoms with van der Waals surface area (Å²) in [6, 6.07) is 11.1. The van der Waals surface area contributed by atoms with Gasteiger partial charge in [0, 0.05) is 11.2 Å². The van der Waals surface area contributed by atoms with Gasteiger partial charge < -0.3 is 4.74 Å². The molecule has 1 aliphatic rings. The molecular formula is C17H16ClNO2. The minimum Gasteiger partial charge on any atom is -0.483 e. The third kappa shape index (κ3) is 2.93. The van der Waals surface area contributed by atoms with Crippen molar-refractivity contribution in [2.24, 2.45) is 0 Å². The van der Waals surface area contributed by atoms with Crippen LogP contribution in [0.5, 0.6) is 5.75 Å². The number of ketones is 1. The molecule has 0 saturated carbocycles. The Balaban J connectivity index is 1.74. The lowest BCUT2D eigenvalue weighted by molar-refractivity contribution is -0.126. The smallest absolute Gasteiger partial charge is 0.182 e. The summed E-state index contributed by atoms with van der Waals surface area (Å²) in [7, 11) is 0. The number of carbonyl (C=O) groups is 1. The van der Waals surface area contributed by atoms with Crippen molar-refractivity contribution < 1.29 is 9.53 Å². The Bertz CT molecular complexity index is 671. The van der Waals surface area contributed by atoms with E-state index in [2.05, 4.69) is 4.98 Å². The second-order valence-electron chi connectivity index (χ2n) is 5.26. The molecule has 0 saturated heterocycles. The number of rotatable bonds is 4. The highest BCUT2D eigenvalue weighted by Gasteiger charge is 2.33. The number of nitrogens with zero attached hydrogens (tertiary/aromatic N) is 1. The Kier molecular flexibility index (Phi) is 3.93. The summed E-state index contributed by atoms with van der Waals surface area (Å²) in [4.78, 5) is 17.0. The minimum absolute atomic E-state index is 0.0763. The maximum atomic E-state index is 12.6. The zero-order valence-electron chi connectivity index (χ0n) is 11.8. The van der Waals surface area contributed by atoms with Crippen LogP contribution in [0.25, 0.3) is 0 Å². The molecule has 1 aromatic carbocycles. The molecule has 0 radical (unpaired) electrons. The SMILES string of the molecule is CC(Oc1cccc(Cl)c1)C(=O)C1CCc2cccnc21. The number of ether oxygens (including phenoxy) is 1. The van der Waals surface area contributed by atoms with Crippen molar-refractivity contribution in [3.8, 4) is 5.75 Å². The summed E-state index contributed by atoms with van der Waals surface area (Å²) < 4.78 is 5.72. The zero-order chi connectivity index (χ0) is 14.8. The van der Waals surface area contributed by atoms with Crippen LogP contribution < -0.4 is 4.74 Å². The topological polar surface area (TPSA) is 39.2 Å². The van der Waals surface area contributed by atoms with Crippen LogP contribution in [0, 0.1) is 0 Å². The Labute approximate surface area is 128 Å². The number of Topliss-reactive ketones (excluding diaryl/α,β-unsaturated/α-hetero) is 1. The predicted molar refractivity (Wildman–Crippen MR) is 81.8 cm³/mol. The lowest BCUT2D eigenvalue weighted by Gasteiger charge is -2.17. The minimum atomic E-state index is -0.513. The van der Waals surface area contributed by atoms with E-state index in [0.29, 0.717) is 10.8 Å². The van der Waals surface area contributed by atoms with Crippen molar-refractivity contribution in [3.63, 3.8) is 0 Å². The van der Waals surface area contributed by atoms with Crippen LogP contribution >= 0.6 is 11.6 Å². The number of carbonyl (C=O) groups excluding carboxylic acids is 1. The third-order valence-electron chi connectivity index (χ3n) is 3.81. The molecule has 0 bridgehead atoms. The van der Waals surface area contributed by atoms with Crippen molar-refractivity contribution in [2.75, 3.05) is 0 Å². The largest absolute Gasteiger partial charge is 0.483 e. The summed E-state index contributed by atoms with van der Waals surface area (Å²) in [5, 5.41) is 0.597. The standard InChI is InChI=1S/C17H16ClNO2/c1-11(21-14-6-2-5-13(18)10-14)17(20)15-8-7-12-4-3-9-19-16(12)15/h2-6,9-11,15H,7-8H2,1H3. The average Bonchev–Trinajstić information content (AvgIpc) is 2.90. The molecule has 0 spiro atoms. The van der Waals surface area contributed by atoms with Crippen molar-refractivity contribution >= 4 is 17.4 Å². The molecule has 1 heterocycles. The predicted octanol–water partition coefficient (Wildman–Crippen LogP) is 3.80. The van der Waals surface area contributed by atoms with E-state index in [-0.39, 0.29) is 11.7 Å². The summed E-state index contributed by atoms with van der Waals surface area (Å²) >= 11 is 5.93. The molecular weight excluding hydrogens is 286 g/mol. The first kappa shape index (κ1) is 14.1. The number of halogens is 1. The molecule has 1 aliphatic carbocycles. The monoisotopic (exact) mass is 301 g/mol. The molecule has 1 aromatic heterocycles. The zero-order valence-corrected chi connectivity index (χ0v) is 12.5. The van der Waals surface area contributed by atoms with E-state index < -0.39 is 6.10 Å². The first-order chi connectivity index (χ1) is 10.1. The van der Waals surface area contributed by atoms with Gasteiger partial charge in [0.25, 0.3) is 0 Å². The molecule has 21 heavy (non-hydrogen) atoms. The Morgan fingerprint density at radius 2 is 2.24 bits per heavy atom. The van der Waals surface area contributed by atoms with E-state index in [9.17, 15) is 4.79 Å². The number of aryl methyl sites for hydroxylation is 1. The van der Waals surface area contributed by atoms with Crippen molar-refractivity contribution in [2.45, 2.75) is 31.8 Å². The molecule has 2 unspecified atom stereocenters. The van der Waals surface area contributed by atoms with Crippen molar-refractivity contribution in [1.29, 1.82) is 0 Å². The molecule has 2 atom stereocenters. The molecule has 0 amide bonds. The van der Waals surface area contributed by atoms with Gasteiger partial charge in [-0.1, -0.05) is 23.7 Å². The quantitative estimate of drug-likeness (QED) is 0.862. The van der Waals surface area contributed by atoms with Gasteiger partial charge in [0.05, 0.1) is 11.6 Å². The van der Waals surface area contributed by atoms with Gasteiger partial charge in [-0.2, -0.15) is 0 Å². The second-order valence-corrected chi connectivity index (χ2v) is 5.70. The van der Waals surface area contributed by atoms with E-state index in [1.807, 2.05) is 12.1 Å². The van der Waals surface area contributed by atoms with Gasteiger partial charge in [-0.25, -0.2) is 0 Å². The lowest BCUT2D eigenvalue weighted by atomic mass is 9.97. The number of pyridine rings is 1. The van der Waals surface area contributed by atoms with E-state index in [4.69, 9.17) is 16.3 Å². The third-order valence-corrected chi connectivity index (χ3v) is 4.05. The average molecular weight is 302 g/mol. The van der Waals surface area contributed by atoms with E-state index >= 15 is 0 Å². The van der Waals surface area contributed by atoms with Crippen LogP contribution in [-0.4, -0.2) is 16.9 Å². The first-order valence-corrected chi connectivity index (χ1v) is 7.42. The van der Waals surface area contributed by atoms with Crippen LogP contribution in [0.2, 0.25) is 5.02 Å². The molecule has 2 aromatic rings. The molecule has 3 rings (SSSR count). The molecule has 0 fully saturated rings.